The zero-order valence-corrected chi connectivity index (χ0v) is 12.5. The first-order valence-corrected chi connectivity index (χ1v) is 7.11. The van der Waals surface area contributed by atoms with Crippen LogP contribution in [0.1, 0.15) is 27.2 Å². The highest BCUT2D eigenvalue weighted by Gasteiger charge is 2.25. The molecule has 0 unspecified atom stereocenters. The van der Waals surface area contributed by atoms with Crippen LogP contribution in [0.25, 0.3) is 0 Å². The van der Waals surface area contributed by atoms with Crippen LogP contribution in [-0.2, 0) is 4.79 Å². The van der Waals surface area contributed by atoms with Crippen molar-refractivity contribution in [1.82, 2.24) is 4.90 Å². The molecule has 0 heterocycles. The maximum atomic E-state index is 13.0. The van der Waals surface area contributed by atoms with Gasteiger partial charge in [-0.2, -0.15) is 0 Å². The molecule has 0 radical (unpaired) electrons. The van der Waals surface area contributed by atoms with Crippen LogP contribution in [-0.4, -0.2) is 29.1 Å². The van der Waals surface area contributed by atoms with Crippen molar-refractivity contribution in [2.24, 2.45) is 0 Å². The minimum atomic E-state index is -0.889. The van der Waals surface area contributed by atoms with Gasteiger partial charge in [-0.25, -0.2) is 8.78 Å². The molecule has 1 rings (SSSR count). The lowest BCUT2D eigenvalue weighted by atomic mass is 10.0. The molecule has 0 aliphatic rings. The SMILES string of the molecule is CCC(C)(C)N(C)C(=O)CSc1ccc(F)c(F)c1. The predicted octanol–water partition coefficient (Wildman–Crippen LogP) is 3.70. The number of nitrogens with zero attached hydrogens (tertiary/aromatic N) is 1. The van der Waals surface area contributed by atoms with Gasteiger partial charge < -0.3 is 4.90 Å². The summed E-state index contributed by atoms with van der Waals surface area (Å²) in [5.41, 5.74) is -0.203. The fourth-order valence-corrected chi connectivity index (χ4v) is 2.22. The number of thioether (sulfide) groups is 1. The lowest BCUT2D eigenvalue weighted by Gasteiger charge is -2.34. The van der Waals surface area contributed by atoms with Gasteiger partial charge in [0, 0.05) is 17.5 Å². The minimum Gasteiger partial charge on any atom is -0.340 e. The standard InChI is InChI=1S/C14H19F2NOS/c1-5-14(2,3)17(4)13(18)9-19-10-6-7-11(15)12(16)8-10/h6-8H,5,9H2,1-4H3. The number of carbonyl (C=O) groups excluding carboxylic acids is 1. The van der Waals surface area contributed by atoms with Crippen molar-refractivity contribution in [2.45, 2.75) is 37.6 Å². The minimum absolute atomic E-state index is 0.0263. The monoisotopic (exact) mass is 287 g/mol. The van der Waals surface area contributed by atoms with Crippen LogP contribution < -0.4 is 0 Å². The van der Waals surface area contributed by atoms with Gasteiger partial charge >= 0.3 is 0 Å². The third-order valence-corrected chi connectivity index (χ3v) is 4.38. The molecule has 0 atom stereocenters. The fourth-order valence-electron chi connectivity index (χ4n) is 1.38. The topological polar surface area (TPSA) is 20.3 Å². The zero-order chi connectivity index (χ0) is 14.6. The average Bonchev–Trinajstić information content (AvgIpc) is 2.38. The summed E-state index contributed by atoms with van der Waals surface area (Å²) in [5.74, 6) is -1.58. The van der Waals surface area contributed by atoms with Crippen molar-refractivity contribution in [1.29, 1.82) is 0 Å². The van der Waals surface area contributed by atoms with Gasteiger partial charge in [0.2, 0.25) is 5.91 Å². The summed E-state index contributed by atoms with van der Waals surface area (Å²) in [7, 11) is 1.76. The summed E-state index contributed by atoms with van der Waals surface area (Å²) >= 11 is 1.21. The number of benzene rings is 1. The average molecular weight is 287 g/mol. The molecule has 2 nitrogen and oxygen atoms in total. The number of halogens is 2. The van der Waals surface area contributed by atoms with E-state index in [4.69, 9.17) is 0 Å². The third-order valence-electron chi connectivity index (χ3n) is 3.40. The second-order valence-corrected chi connectivity index (χ2v) is 6.03. The summed E-state index contributed by atoms with van der Waals surface area (Å²) in [4.78, 5) is 14.3. The molecule has 1 aromatic rings. The molecule has 19 heavy (non-hydrogen) atoms. The maximum Gasteiger partial charge on any atom is 0.233 e. The Labute approximate surface area is 117 Å². The molecule has 106 valence electrons. The van der Waals surface area contributed by atoms with Crippen LogP contribution in [0.5, 0.6) is 0 Å². The quantitative estimate of drug-likeness (QED) is 0.770. The van der Waals surface area contributed by atoms with Crippen molar-refractivity contribution in [2.75, 3.05) is 12.8 Å². The van der Waals surface area contributed by atoms with Gasteiger partial charge in [-0.05, 0) is 38.5 Å². The number of rotatable bonds is 5. The van der Waals surface area contributed by atoms with Crippen molar-refractivity contribution < 1.29 is 13.6 Å². The van der Waals surface area contributed by atoms with Gasteiger partial charge in [-0.3, -0.25) is 4.79 Å². The first-order valence-electron chi connectivity index (χ1n) is 6.12. The van der Waals surface area contributed by atoms with Gasteiger partial charge in [-0.15, -0.1) is 11.8 Å². The highest BCUT2D eigenvalue weighted by atomic mass is 32.2. The van der Waals surface area contributed by atoms with E-state index in [9.17, 15) is 13.6 Å². The highest BCUT2D eigenvalue weighted by molar-refractivity contribution is 8.00. The Balaban J connectivity index is 2.61. The second kappa shape index (κ2) is 6.37. The number of carbonyl (C=O) groups is 1. The Bertz CT molecular complexity index is 463. The van der Waals surface area contributed by atoms with Gasteiger partial charge in [0.25, 0.3) is 0 Å². The Kier molecular flexibility index (Phi) is 5.35. The first-order chi connectivity index (χ1) is 8.77. The van der Waals surface area contributed by atoms with Crippen LogP contribution in [0.3, 0.4) is 0 Å². The summed E-state index contributed by atoms with van der Waals surface area (Å²) in [5, 5.41) is 0. The van der Waals surface area contributed by atoms with E-state index in [1.54, 1.807) is 11.9 Å². The van der Waals surface area contributed by atoms with Crippen molar-refractivity contribution in [3.05, 3.63) is 29.8 Å². The van der Waals surface area contributed by atoms with Gasteiger partial charge in [0.05, 0.1) is 5.75 Å². The summed E-state index contributed by atoms with van der Waals surface area (Å²) in [6.45, 7) is 6.01. The second-order valence-electron chi connectivity index (χ2n) is 4.98. The van der Waals surface area contributed by atoms with Crippen LogP contribution >= 0.6 is 11.8 Å². The Morgan fingerprint density at radius 1 is 1.32 bits per heavy atom. The number of hydrogen-bond acceptors (Lipinski definition) is 2. The van der Waals surface area contributed by atoms with Crippen molar-refractivity contribution >= 4 is 17.7 Å². The molecule has 0 N–H and O–H groups in total. The largest absolute Gasteiger partial charge is 0.340 e. The first kappa shape index (κ1) is 16.0. The van der Waals surface area contributed by atoms with E-state index >= 15 is 0 Å². The molecule has 0 bridgehead atoms. The van der Waals surface area contributed by atoms with E-state index in [0.29, 0.717) is 4.90 Å². The van der Waals surface area contributed by atoms with E-state index < -0.39 is 11.6 Å². The molecular weight excluding hydrogens is 268 g/mol. The zero-order valence-electron chi connectivity index (χ0n) is 11.7. The van der Waals surface area contributed by atoms with Crippen molar-refractivity contribution in [3.8, 4) is 0 Å². The molecule has 0 spiro atoms. The molecule has 0 aromatic heterocycles. The predicted molar refractivity (Wildman–Crippen MR) is 74.2 cm³/mol. The number of amides is 1. The Hall–Kier alpha value is -1.10. The molecular formula is C14H19F2NOS. The summed E-state index contributed by atoms with van der Waals surface area (Å²) < 4.78 is 25.8. The molecule has 0 aliphatic heterocycles. The van der Waals surface area contributed by atoms with Crippen LogP contribution in [0, 0.1) is 11.6 Å². The fraction of sp³-hybridized carbons (Fsp3) is 0.500. The van der Waals surface area contributed by atoms with E-state index in [2.05, 4.69) is 0 Å². The normalized spacial score (nSPS) is 11.5. The highest BCUT2D eigenvalue weighted by Crippen LogP contribution is 2.23. The molecule has 0 aliphatic carbocycles. The lowest BCUT2D eigenvalue weighted by Crippen LogP contribution is -2.45. The molecule has 1 amide bonds. The summed E-state index contributed by atoms with van der Waals surface area (Å²) in [6, 6.07) is 3.65. The summed E-state index contributed by atoms with van der Waals surface area (Å²) in [6.07, 6.45) is 0.852. The van der Waals surface area contributed by atoms with Crippen LogP contribution in [0.15, 0.2) is 23.1 Å². The van der Waals surface area contributed by atoms with E-state index in [1.165, 1.54) is 17.8 Å². The number of hydrogen-bond donors (Lipinski definition) is 0. The van der Waals surface area contributed by atoms with E-state index in [-0.39, 0.29) is 17.2 Å². The molecule has 0 saturated carbocycles. The molecule has 1 aromatic carbocycles. The van der Waals surface area contributed by atoms with Crippen LogP contribution in [0.4, 0.5) is 8.78 Å². The smallest absolute Gasteiger partial charge is 0.233 e. The molecule has 5 heteroatoms. The van der Waals surface area contributed by atoms with E-state index in [1.807, 2.05) is 20.8 Å². The van der Waals surface area contributed by atoms with Gasteiger partial charge in [0.15, 0.2) is 11.6 Å². The lowest BCUT2D eigenvalue weighted by molar-refractivity contribution is -0.131. The maximum absolute atomic E-state index is 13.0. The van der Waals surface area contributed by atoms with Crippen molar-refractivity contribution in [3.63, 3.8) is 0 Å². The Morgan fingerprint density at radius 3 is 2.47 bits per heavy atom. The van der Waals surface area contributed by atoms with E-state index in [0.717, 1.165) is 18.6 Å². The van der Waals surface area contributed by atoms with Gasteiger partial charge in [-0.1, -0.05) is 6.92 Å². The molecule has 0 fully saturated rings. The van der Waals surface area contributed by atoms with Crippen LogP contribution in [0.2, 0.25) is 0 Å². The van der Waals surface area contributed by atoms with Gasteiger partial charge in [0.1, 0.15) is 0 Å². The third kappa shape index (κ3) is 4.20. The molecule has 0 saturated heterocycles. The Morgan fingerprint density at radius 2 is 1.95 bits per heavy atom.